The molecule has 5 heteroatoms. The summed E-state index contributed by atoms with van der Waals surface area (Å²) < 4.78 is 7.61. The summed E-state index contributed by atoms with van der Waals surface area (Å²) >= 11 is 6.04. The smallest absolute Gasteiger partial charge is 0.138 e. The first-order valence-electron chi connectivity index (χ1n) is 5.81. The summed E-state index contributed by atoms with van der Waals surface area (Å²) in [7, 11) is 0. The Morgan fingerprint density at radius 1 is 1.44 bits per heavy atom. The summed E-state index contributed by atoms with van der Waals surface area (Å²) in [6.45, 7) is 5.39. The highest BCUT2D eigenvalue weighted by Crippen LogP contribution is 2.27. The number of halogens is 1. The Morgan fingerprint density at radius 3 is 2.83 bits per heavy atom. The van der Waals surface area contributed by atoms with Crippen LogP contribution in [-0.4, -0.2) is 9.78 Å². The van der Waals surface area contributed by atoms with Crippen LogP contribution >= 0.6 is 11.6 Å². The van der Waals surface area contributed by atoms with Crippen molar-refractivity contribution in [2.24, 2.45) is 0 Å². The van der Waals surface area contributed by atoms with Crippen LogP contribution in [0.4, 0.5) is 5.69 Å². The van der Waals surface area contributed by atoms with Gasteiger partial charge in [-0.1, -0.05) is 11.6 Å². The number of nitrogen functional groups attached to an aromatic ring is 1. The Hall–Kier alpha value is -1.68. The maximum Gasteiger partial charge on any atom is 0.138 e. The fourth-order valence-electron chi connectivity index (χ4n) is 1.74. The number of benzene rings is 1. The van der Waals surface area contributed by atoms with Crippen LogP contribution in [0, 0.1) is 6.92 Å². The molecule has 0 amide bonds. The molecule has 0 fully saturated rings. The summed E-state index contributed by atoms with van der Waals surface area (Å²) in [6, 6.07) is 5.22. The molecule has 4 nitrogen and oxygen atoms in total. The third kappa shape index (κ3) is 2.59. The van der Waals surface area contributed by atoms with Crippen LogP contribution in [0.15, 0.2) is 24.4 Å². The summed E-state index contributed by atoms with van der Waals surface area (Å²) in [5.74, 6) is 0.634. The highest BCUT2D eigenvalue weighted by Gasteiger charge is 2.07. The lowest BCUT2D eigenvalue weighted by atomic mass is 10.2. The van der Waals surface area contributed by atoms with Gasteiger partial charge >= 0.3 is 0 Å². The Balaban J connectivity index is 2.09. The molecule has 0 spiro atoms. The molecular weight excluding hydrogens is 250 g/mol. The van der Waals surface area contributed by atoms with E-state index >= 15 is 0 Å². The molecule has 0 saturated heterocycles. The van der Waals surface area contributed by atoms with Crippen LogP contribution in [0.25, 0.3) is 0 Å². The number of hydrogen-bond donors (Lipinski definition) is 1. The molecule has 1 aromatic heterocycles. The fourth-order valence-corrected chi connectivity index (χ4v) is 1.98. The number of nitrogens with zero attached hydrogens (tertiary/aromatic N) is 2. The second-order valence-corrected chi connectivity index (χ2v) is 4.46. The number of ether oxygens (including phenoxy) is 1. The molecular formula is C13H16ClN3O. The average Bonchev–Trinajstić information content (AvgIpc) is 2.69. The van der Waals surface area contributed by atoms with Crippen molar-refractivity contribution in [3.8, 4) is 5.75 Å². The van der Waals surface area contributed by atoms with Gasteiger partial charge in [-0.05, 0) is 32.0 Å². The van der Waals surface area contributed by atoms with Crippen molar-refractivity contribution in [1.29, 1.82) is 0 Å². The number of anilines is 1. The molecule has 0 aliphatic rings. The second kappa shape index (κ2) is 5.31. The minimum Gasteiger partial charge on any atom is -0.487 e. The van der Waals surface area contributed by atoms with E-state index in [1.54, 1.807) is 18.2 Å². The minimum atomic E-state index is 0.454. The van der Waals surface area contributed by atoms with Gasteiger partial charge in [0.1, 0.15) is 12.4 Å². The fraction of sp³-hybridized carbons (Fsp3) is 0.308. The molecule has 2 rings (SSSR count). The Morgan fingerprint density at radius 2 is 2.22 bits per heavy atom. The first-order chi connectivity index (χ1) is 8.61. The number of aromatic nitrogens is 2. The Kier molecular flexibility index (Phi) is 3.77. The quantitative estimate of drug-likeness (QED) is 0.865. The molecule has 0 unspecified atom stereocenters. The van der Waals surface area contributed by atoms with Crippen molar-refractivity contribution in [2.45, 2.75) is 27.0 Å². The molecule has 0 aliphatic carbocycles. The predicted octanol–water partition coefficient (Wildman–Crippen LogP) is 3.03. The molecule has 0 saturated carbocycles. The van der Waals surface area contributed by atoms with Crippen molar-refractivity contribution in [2.75, 3.05) is 5.73 Å². The van der Waals surface area contributed by atoms with Crippen LogP contribution in [0.5, 0.6) is 5.75 Å². The molecule has 0 atom stereocenters. The predicted molar refractivity (Wildman–Crippen MR) is 72.8 cm³/mol. The van der Waals surface area contributed by atoms with E-state index in [1.807, 2.05) is 17.8 Å². The van der Waals surface area contributed by atoms with Gasteiger partial charge in [-0.25, -0.2) is 0 Å². The summed E-state index contributed by atoms with van der Waals surface area (Å²) in [5.41, 5.74) is 8.43. The van der Waals surface area contributed by atoms with E-state index in [4.69, 9.17) is 22.1 Å². The van der Waals surface area contributed by atoms with Crippen molar-refractivity contribution in [3.05, 3.63) is 40.7 Å². The van der Waals surface area contributed by atoms with Gasteiger partial charge in [-0.2, -0.15) is 5.10 Å². The van der Waals surface area contributed by atoms with Crippen LogP contribution in [0.3, 0.4) is 0 Å². The van der Waals surface area contributed by atoms with E-state index in [-0.39, 0.29) is 0 Å². The lowest BCUT2D eigenvalue weighted by Gasteiger charge is -2.08. The minimum absolute atomic E-state index is 0.454. The van der Waals surface area contributed by atoms with Gasteiger partial charge < -0.3 is 10.5 Å². The molecule has 0 aliphatic heterocycles. The number of aryl methyl sites for hydroxylation is 1. The van der Waals surface area contributed by atoms with Crippen molar-refractivity contribution in [3.63, 3.8) is 0 Å². The maximum atomic E-state index is 6.04. The van der Waals surface area contributed by atoms with Crippen LogP contribution in [-0.2, 0) is 13.2 Å². The van der Waals surface area contributed by atoms with Crippen molar-refractivity contribution in [1.82, 2.24) is 9.78 Å². The second-order valence-electron chi connectivity index (χ2n) is 4.05. The van der Waals surface area contributed by atoms with Crippen molar-refractivity contribution < 1.29 is 4.74 Å². The molecule has 2 N–H and O–H groups in total. The van der Waals surface area contributed by atoms with Gasteiger partial charge in [0, 0.05) is 23.5 Å². The van der Waals surface area contributed by atoms with E-state index in [1.165, 1.54) is 0 Å². The van der Waals surface area contributed by atoms with E-state index in [0.29, 0.717) is 23.1 Å². The van der Waals surface area contributed by atoms with Gasteiger partial charge in [0.2, 0.25) is 0 Å². The topological polar surface area (TPSA) is 53.1 Å². The molecule has 0 radical (unpaired) electrons. The zero-order valence-electron chi connectivity index (χ0n) is 10.5. The van der Waals surface area contributed by atoms with Gasteiger partial charge in [0.15, 0.2) is 0 Å². The summed E-state index contributed by atoms with van der Waals surface area (Å²) in [4.78, 5) is 0. The standard InChI is InChI=1S/C13H16ClN3O/c1-3-17-9(2)10(7-16-17)8-18-13-5-4-11(15)6-12(13)14/h4-7H,3,8,15H2,1-2H3. The number of nitrogens with two attached hydrogens (primary N) is 1. The molecule has 1 heterocycles. The highest BCUT2D eigenvalue weighted by molar-refractivity contribution is 6.32. The molecule has 18 heavy (non-hydrogen) atoms. The van der Waals surface area contributed by atoms with Gasteiger partial charge in [0.05, 0.1) is 11.2 Å². The highest BCUT2D eigenvalue weighted by atomic mass is 35.5. The molecule has 0 bridgehead atoms. The first kappa shape index (κ1) is 12.8. The van der Waals surface area contributed by atoms with Gasteiger partial charge in [-0.3, -0.25) is 4.68 Å². The average molecular weight is 266 g/mol. The zero-order valence-corrected chi connectivity index (χ0v) is 11.2. The van der Waals surface area contributed by atoms with E-state index in [0.717, 1.165) is 17.8 Å². The summed E-state index contributed by atoms with van der Waals surface area (Å²) in [5, 5.41) is 4.79. The number of rotatable bonds is 4. The SMILES string of the molecule is CCn1ncc(COc2ccc(N)cc2Cl)c1C. The maximum absolute atomic E-state index is 6.04. The van der Waals surface area contributed by atoms with E-state index in [2.05, 4.69) is 12.0 Å². The number of hydrogen-bond acceptors (Lipinski definition) is 3. The van der Waals surface area contributed by atoms with Crippen molar-refractivity contribution >= 4 is 17.3 Å². The van der Waals surface area contributed by atoms with Crippen LogP contribution in [0.2, 0.25) is 5.02 Å². The van der Waals surface area contributed by atoms with Crippen LogP contribution in [0.1, 0.15) is 18.2 Å². The monoisotopic (exact) mass is 265 g/mol. The Labute approximate surface area is 111 Å². The lowest BCUT2D eigenvalue weighted by Crippen LogP contribution is -2.01. The largest absolute Gasteiger partial charge is 0.487 e. The van der Waals surface area contributed by atoms with Gasteiger partial charge in [0.25, 0.3) is 0 Å². The normalized spacial score (nSPS) is 10.6. The zero-order chi connectivity index (χ0) is 13.1. The third-order valence-electron chi connectivity index (χ3n) is 2.84. The Bertz CT molecular complexity index is 551. The third-order valence-corrected chi connectivity index (χ3v) is 3.14. The molecule has 1 aromatic carbocycles. The molecule has 2 aromatic rings. The van der Waals surface area contributed by atoms with Crippen LogP contribution < -0.4 is 10.5 Å². The van der Waals surface area contributed by atoms with Gasteiger partial charge in [-0.15, -0.1) is 0 Å². The molecule has 96 valence electrons. The summed E-state index contributed by atoms with van der Waals surface area (Å²) in [6.07, 6.45) is 1.82. The lowest BCUT2D eigenvalue weighted by molar-refractivity contribution is 0.305. The van der Waals surface area contributed by atoms with E-state index < -0.39 is 0 Å². The first-order valence-corrected chi connectivity index (χ1v) is 6.18. The van der Waals surface area contributed by atoms with E-state index in [9.17, 15) is 0 Å².